The minimum absolute atomic E-state index is 0.0305. The third-order valence-corrected chi connectivity index (χ3v) is 6.00. The number of hydrogen-bond acceptors (Lipinski definition) is 6. The van der Waals surface area contributed by atoms with Gasteiger partial charge in [0.1, 0.15) is 6.33 Å². The number of carbonyl (C=O) groups excluding carboxylic acids is 1. The van der Waals surface area contributed by atoms with Crippen molar-refractivity contribution in [3.8, 4) is 0 Å². The second kappa shape index (κ2) is 6.61. The summed E-state index contributed by atoms with van der Waals surface area (Å²) in [6.07, 6.45) is 3.79. The van der Waals surface area contributed by atoms with Gasteiger partial charge in [-0.05, 0) is 13.3 Å². The molecule has 0 aliphatic carbocycles. The van der Waals surface area contributed by atoms with E-state index in [2.05, 4.69) is 22.1 Å². The molecule has 7 nitrogen and oxygen atoms in total. The summed E-state index contributed by atoms with van der Waals surface area (Å²) in [6.45, 7) is 5.99. The molecule has 1 aromatic rings. The fourth-order valence-electron chi connectivity index (χ4n) is 2.04. The predicted molar refractivity (Wildman–Crippen MR) is 80.7 cm³/mol. The number of nitrogens with one attached hydrogen (secondary N) is 1. The van der Waals surface area contributed by atoms with Gasteiger partial charge < -0.3 is 9.88 Å². The van der Waals surface area contributed by atoms with Crippen molar-refractivity contribution in [2.45, 2.75) is 36.3 Å². The SMILES string of the molecule is C=CCn1cnnc1S[C@H](C)C(=O)N[C@@H]1CCS(=O)(=O)C1. The van der Waals surface area contributed by atoms with Gasteiger partial charge in [-0.15, -0.1) is 16.8 Å². The van der Waals surface area contributed by atoms with Crippen molar-refractivity contribution in [1.82, 2.24) is 20.1 Å². The largest absolute Gasteiger partial charge is 0.351 e. The molecular formula is C12H18N4O3S2. The van der Waals surface area contributed by atoms with E-state index in [0.717, 1.165) is 0 Å². The monoisotopic (exact) mass is 330 g/mol. The van der Waals surface area contributed by atoms with Crippen LogP contribution < -0.4 is 5.32 Å². The Morgan fingerprint density at radius 1 is 1.71 bits per heavy atom. The molecule has 21 heavy (non-hydrogen) atoms. The molecule has 2 rings (SSSR count). The van der Waals surface area contributed by atoms with E-state index in [4.69, 9.17) is 0 Å². The molecule has 1 aromatic heterocycles. The maximum atomic E-state index is 12.1. The minimum Gasteiger partial charge on any atom is -0.351 e. The van der Waals surface area contributed by atoms with Crippen molar-refractivity contribution in [3.05, 3.63) is 19.0 Å². The lowest BCUT2D eigenvalue weighted by Crippen LogP contribution is -2.40. The molecule has 1 N–H and O–H groups in total. The van der Waals surface area contributed by atoms with Crippen LogP contribution >= 0.6 is 11.8 Å². The molecule has 0 aromatic carbocycles. The summed E-state index contributed by atoms with van der Waals surface area (Å²) in [5.41, 5.74) is 0. The normalized spacial score (nSPS) is 21.9. The number of allylic oxidation sites excluding steroid dienone is 1. The Morgan fingerprint density at radius 2 is 2.48 bits per heavy atom. The van der Waals surface area contributed by atoms with Gasteiger partial charge in [0.05, 0.1) is 16.8 Å². The van der Waals surface area contributed by atoms with Crippen LogP contribution in [-0.4, -0.2) is 51.9 Å². The average molecular weight is 330 g/mol. The first-order valence-corrected chi connectivity index (χ1v) is 9.27. The molecule has 0 radical (unpaired) electrons. The lowest BCUT2D eigenvalue weighted by atomic mass is 10.2. The molecule has 1 amide bonds. The molecule has 0 saturated carbocycles. The number of amides is 1. The number of rotatable bonds is 6. The highest BCUT2D eigenvalue weighted by Crippen LogP contribution is 2.21. The van der Waals surface area contributed by atoms with Gasteiger partial charge in [0, 0.05) is 12.6 Å². The summed E-state index contributed by atoms with van der Waals surface area (Å²) in [5, 5.41) is 10.8. The van der Waals surface area contributed by atoms with E-state index >= 15 is 0 Å². The summed E-state index contributed by atoms with van der Waals surface area (Å²) in [4.78, 5) is 12.1. The van der Waals surface area contributed by atoms with Gasteiger partial charge in [0.2, 0.25) is 5.91 Å². The van der Waals surface area contributed by atoms with Crippen LogP contribution in [0.3, 0.4) is 0 Å². The first-order chi connectivity index (χ1) is 9.91. The van der Waals surface area contributed by atoms with E-state index < -0.39 is 9.84 Å². The van der Waals surface area contributed by atoms with Crippen molar-refractivity contribution < 1.29 is 13.2 Å². The summed E-state index contributed by atoms with van der Waals surface area (Å²) in [7, 11) is -2.99. The van der Waals surface area contributed by atoms with Crippen LogP contribution in [0.2, 0.25) is 0 Å². The summed E-state index contributed by atoms with van der Waals surface area (Å²) in [5.74, 6) is -0.00846. The van der Waals surface area contributed by atoms with Gasteiger partial charge in [-0.3, -0.25) is 4.79 Å². The lowest BCUT2D eigenvalue weighted by molar-refractivity contribution is -0.120. The van der Waals surface area contributed by atoms with Crippen molar-refractivity contribution in [3.63, 3.8) is 0 Å². The summed E-state index contributed by atoms with van der Waals surface area (Å²) >= 11 is 1.29. The van der Waals surface area contributed by atoms with E-state index in [-0.39, 0.29) is 28.7 Å². The molecule has 116 valence electrons. The number of aromatic nitrogens is 3. The average Bonchev–Trinajstić information content (AvgIpc) is 2.97. The maximum Gasteiger partial charge on any atom is 0.233 e. The third kappa shape index (κ3) is 4.31. The maximum absolute atomic E-state index is 12.1. The Bertz CT molecular complexity index is 626. The lowest BCUT2D eigenvalue weighted by Gasteiger charge is -2.15. The van der Waals surface area contributed by atoms with Gasteiger partial charge >= 0.3 is 0 Å². The van der Waals surface area contributed by atoms with Gasteiger partial charge in [-0.2, -0.15) is 0 Å². The molecule has 1 saturated heterocycles. The molecule has 0 bridgehead atoms. The van der Waals surface area contributed by atoms with Crippen molar-refractivity contribution in [2.24, 2.45) is 0 Å². The fourth-order valence-corrected chi connectivity index (χ4v) is 4.55. The molecule has 1 fully saturated rings. The second-order valence-electron chi connectivity index (χ2n) is 4.92. The van der Waals surface area contributed by atoms with Crippen LogP contribution in [0.5, 0.6) is 0 Å². The van der Waals surface area contributed by atoms with E-state index in [1.807, 2.05) is 0 Å². The first-order valence-electron chi connectivity index (χ1n) is 6.57. The standard InChI is InChI=1S/C12H18N4O3S2/c1-3-5-16-8-13-15-12(16)20-9(2)11(17)14-10-4-6-21(18,19)7-10/h3,8-10H,1,4-7H2,2H3,(H,14,17)/t9-,10-/m1/s1. The topological polar surface area (TPSA) is 93.9 Å². The zero-order chi connectivity index (χ0) is 15.5. The number of hydrogen-bond donors (Lipinski definition) is 1. The minimum atomic E-state index is -2.99. The van der Waals surface area contributed by atoms with Gasteiger partial charge in [0.25, 0.3) is 0 Å². The van der Waals surface area contributed by atoms with E-state index in [1.165, 1.54) is 11.8 Å². The predicted octanol–water partition coefficient (Wildman–Crippen LogP) is 0.248. The molecule has 2 atom stereocenters. The molecular weight excluding hydrogens is 312 g/mol. The van der Waals surface area contributed by atoms with Crippen molar-refractivity contribution in [1.29, 1.82) is 0 Å². The Balaban J connectivity index is 1.91. The third-order valence-electron chi connectivity index (χ3n) is 3.14. The Labute approximate surface area is 128 Å². The Morgan fingerprint density at radius 3 is 3.10 bits per heavy atom. The van der Waals surface area contributed by atoms with Crippen LogP contribution in [0.15, 0.2) is 24.1 Å². The number of nitrogens with zero attached hydrogens (tertiary/aromatic N) is 3. The van der Waals surface area contributed by atoms with E-state index in [9.17, 15) is 13.2 Å². The van der Waals surface area contributed by atoms with Crippen LogP contribution in [0.4, 0.5) is 0 Å². The molecule has 0 spiro atoms. The summed E-state index contributed by atoms with van der Waals surface area (Å²) < 4.78 is 24.5. The summed E-state index contributed by atoms with van der Waals surface area (Å²) in [6, 6.07) is -0.281. The van der Waals surface area contributed by atoms with Crippen LogP contribution in [0, 0.1) is 0 Å². The van der Waals surface area contributed by atoms with Crippen LogP contribution in [0.1, 0.15) is 13.3 Å². The fraction of sp³-hybridized carbons (Fsp3) is 0.583. The van der Waals surface area contributed by atoms with Gasteiger partial charge in [0.15, 0.2) is 15.0 Å². The highest BCUT2D eigenvalue weighted by atomic mass is 32.2. The molecule has 0 unspecified atom stereocenters. The Hall–Kier alpha value is -1.35. The zero-order valence-electron chi connectivity index (χ0n) is 11.7. The van der Waals surface area contributed by atoms with Crippen LogP contribution in [-0.2, 0) is 21.2 Å². The molecule has 2 heterocycles. The Kier molecular flexibility index (Phi) is 5.04. The van der Waals surface area contributed by atoms with E-state index in [1.54, 1.807) is 23.9 Å². The smallest absolute Gasteiger partial charge is 0.233 e. The first kappa shape index (κ1) is 16.0. The second-order valence-corrected chi connectivity index (χ2v) is 8.46. The quantitative estimate of drug-likeness (QED) is 0.593. The highest BCUT2D eigenvalue weighted by Gasteiger charge is 2.30. The molecule has 9 heteroatoms. The molecule has 1 aliphatic heterocycles. The van der Waals surface area contributed by atoms with Gasteiger partial charge in [-0.1, -0.05) is 17.8 Å². The van der Waals surface area contributed by atoms with Crippen molar-refractivity contribution in [2.75, 3.05) is 11.5 Å². The number of thioether (sulfide) groups is 1. The zero-order valence-corrected chi connectivity index (χ0v) is 13.4. The highest BCUT2D eigenvalue weighted by molar-refractivity contribution is 8.00. The molecule has 1 aliphatic rings. The van der Waals surface area contributed by atoms with E-state index in [0.29, 0.717) is 18.1 Å². The van der Waals surface area contributed by atoms with Crippen molar-refractivity contribution >= 4 is 27.5 Å². The van der Waals surface area contributed by atoms with Gasteiger partial charge in [-0.25, -0.2) is 8.42 Å². The van der Waals surface area contributed by atoms with Crippen LogP contribution in [0.25, 0.3) is 0 Å². The number of sulfone groups is 1. The number of carbonyl (C=O) groups is 1.